The van der Waals surface area contributed by atoms with Crippen molar-refractivity contribution >= 4 is 15.9 Å². The molecule has 0 amide bonds. The van der Waals surface area contributed by atoms with Crippen molar-refractivity contribution in [2.75, 3.05) is 13.2 Å². The number of benzene rings is 1. The Labute approximate surface area is 112 Å². The minimum atomic E-state index is -0.196. The van der Waals surface area contributed by atoms with Crippen LogP contribution in [0.1, 0.15) is 25.8 Å². The van der Waals surface area contributed by atoms with Crippen molar-refractivity contribution in [3.05, 3.63) is 34.3 Å². The monoisotopic (exact) mass is 299 g/mol. The van der Waals surface area contributed by atoms with Crippen molar-refractivity contribution in [1.29, 1.82) is 0 Å². The van der Waals surface area contributed by atoms with Crippen LogP contribution in [0.15, 0.2) is 28.7 Å². The van der Waals surface area contributed by atoms with Gasteiger partial charge in [-0.25, -0.2) is 0 Å². The molecular formula is C14H22BrNO. The summed E-state index contributed by atoms with van der Waals surface area (Å²) in [6.07, 6.45) is 1.76. The fraction of sp³-hybridized carbons (Fsp3) is 0.571. The Kier molecular flexibility index (Phi) is 5.63. The van der Waals surface area contributed by atoms with E-state index in [1.165, 1.54) is 5.56 Å². The highest BCUT2D eigenvalue weighted by Gasteiger charge is 2.29. The highest BCUT2D eigenvalue weighted by Crippen LogP contribution is 2.32. The molecule has 0 bridgehead atoms. The molecule has 2 nitrogen and oxygen atoms in total. The Morgan fingerprint density at radius 3 is 2.47 bits per heavy atom. The molecule has 1 aromatic rings. The van der Waals surface area contributed by atoms with E-state index in [2.05, 4.69) is 35.8 Å². The van der Waals surface area contributed by atoms with Gasteiger partial charge in [0.25, 0.3) is 0 Å². The van der Waals surface area contributed by atoms with Crippen LogP contribution < -0.4 is 5.73 Å². The number of hydrogen-bond donors (Lipinski definition) is 2. The van der Waals surface area contributed by atoms with Crippen LogP contribution in [0.3, 0.4) is 0 Å². The van der Waals surface area contributed by atoms with Crippen LogP contribution in [0.25, 0.3) is 0 Å². The predicted octanol–water partition coefficient (Wildman–Crippen LogP) is 2.98. The third-order valence-corrected chi connectivity index (χ3v) is 3.91. The first-order valence-corrected chi connectivity index (χ1v) is 6.86. The first kappa shape index (κ1) is 14.7. The molecule has 0 fully saturated rings. The molecule has 1 atom stereocenters. The van der Waals surface area contributed by atoms with Crippen molar-refractivity contribution in [3.8, 4) is 0 Å². The van der Waals surface area contributed by atoms with Crippen LogP contribution >= 0.6 is 15.9 Å². The van der Waals surface area contributed by atoms with Crippen molar-refractivity contribution in [2.24, 2.45) is 17.1 Å². The fourth-order valence-corrected chi connectivity index (χ4v) is 2.75. The molecule has 0 saturated carbocycles. The molecule has 0 aliphatic rings. The van der Waals surface area contributed by atoms with Crippen LogP contribution in [0, 0.1) is 11.3 Å². The summed E-state index contributed by atoms with van der Waals surface area (Å²) >= 11 is 3.55. The summed E-state index contributed by atoms with van der Waals surface area (Å²) < 4.78 is 1.09. The summed E-state index contributed by atoms with van der Waals surface area (Å²) in [5.74, 6) is 0.535. The molecule has 1 aromatic carbocycles. The smallest absolute Gasteiger partial charge is 0.0502 e. The lowest BCUT2D eigenvalue weighted by Gasteiger charge is -2.32. The van der Waals surface area contributed by atoms with Gasteiger partial charge in [0.2, 0.25) is 0 Å². The molecular weight excluding hydrogens is 278 g/mol. The molecule has 0 heterocycles. The predicted molar refractivity (Wildman–Crippen MR) is 75.9 cm³/mol. The van der Waals surface area contributed by atoms with E-state index >= 15 is 0 Å². The highest BCUT2D eigenvalue weighted by molar-refractivity contribution is 9.10. The van der Waals surface area contributed by atoms with E-state index in [1.54, 1.807) is 0 Å². The van der Waals surface area contributed by atoms with Gasteiger partial charge < -0.3 is 10.8 Å². The molecule has 0 aliphatic heterocycles. The van der Waals surface area contributed by atoms with Gasteiger partial charge in [0.05, 0.1) is 6.61 Å². The molecule has 0 aromatic heterocycles. The van der Waals surface area contributed by atoms with E-state index in [-0.39, 0.29) is 12.0 Å². The lowest BCUT2D eigenvalue weighted by Crippen LogP contribution is -2.37. The Morgan fingerprint density at radius 2 is 2.00 bits per heavy atom. The van der Waals surface area contributed by atoms with Crippen LogP contribution in [-0.4, -0.2) is 18.3 Å². The highest BCUT2D eigenvalue weighted by atomic mass is 79.9. The number of aliphatic hydroxyl groups excluding tert-OH is 1. The number of hydrogen-bond acceptors (Lipinski definition) is 2. The summed E-state index contributed by atoms with van der Waals surface area (Å²) in [5, 5.41) is 9.68. The fourth-order valence-electron chi connectivity index (χ4n) is 2.32. The standard InChI is InChI=1S/C14H22BrNO/c1-11(2)7-14(9-16,10-17)8-12-5-3-4-6-13(12)15/h3-6,11,17H,7-10,16H2,1-2H3. The normalized spacial score (nSPS) is 14.9. The third-order valence-electron chi connectivity index (χ3n) is 3.13. The van der Waals surface area contributed by atoms with E-state index in [1.807, 2.05) is 18.2 Å². The third kappa shape index (κ3) is 4.09. The van der Waals surface area contributed by atoms with E-state index in [0.717, 1.165) is 17.3 Å². The molecule has 0 radical (unpaired) electrons. The average Bonchev–Trinajstić information content (AvgIpc) is 2.30. The number of rotatable bonds is 6. The maximum Gasteiger partial charge on any atom is 0.0502 e. The Balaban J connectivity index is 2.90. The minimum absolute atomic E-state index is 0.142. The number of halogens is 1. The van der Waals surface area contributed by atoms with Gasteiger partial charge in [-0.1, -0.05) is 48.0 Å². The summed E-state index contributed by atoms with van der Waals surface area (Å²) in [7, 11) is 0. The van der Waals surface area contributed by atoms with Crippen molar-refractivity contribution in [3.63, 3.8) is 0 Å². The first-order valence-electron chi connectivity index (χ1n) is 6.07. The maximum atomic E-state index is 9.68. The molecule has 1 rings (SSSR count). The van der Waals surface area contributed by atoms with Crippen LogP contribution in [0.5, 0.6) is 0 Å². The minimum Gasteiger partial charge on any atom is -0.396 e. The zero-order chi connectivity index (χ0) is 12.9. The van der Waals surface area contributed by atoms with Crippen molar-refractivity contribution in [2.45, 2.75) is 26.7 Å². The lowest BCUT2D eigenvalue weighted by atomic mass is 9.76. The average molecular weight is 300 g/mol. The molecule has 3 heteroatoms. The van der Waals surface area contributed by atoms with Crippen LogP contribution in [-0.2, 0) is 6.42 Å². The van der Waals surface area contributed by atoms with Gasteiger partial charge in [-0.05, 0) is 30.4 Å². The Hall–Kier alpha value is -0.380. The van der Waals surface area contributed by atoms with Crippen molar-refractivity contribution in [1.82, 2.24) is 0 Å². The van der Waals surface area contributed by atoms with E-state index in [0.29, 0.717) is 12.5 Å². The van der Waals surface area contributed by atoms with Crippen molar-refractivity contribution < 1.29 is 5.11 Å². The summed E-state index contributed by atoms with van der Waals surface area (Å²) in [6.45, 7) is 4.99. The second kappa shape index (κ2) is 6.53. The van der Waals surface area contributed by atoms with Gasteiger partial charge >= 0.3 is 0 Å². The second-order valence-electron chi connectivity index (χ2n) is 5.23. The number of aliphatic hydroxyl groups is 1. The quantitative estimate of drug-likeness (QED) is 0.848. The van der Waals surface area contributed by atoms with Gasteiger partial charge in [0.1, 0.15) is 0 Å². The Bertz CT molecular complexity index is 348. The summed E-state index contributed by atoms with van der Waals surface area (Å²) in [4.78, 5) is 0. The molecule has 0 saturated heterocycles. The van der Waals surface area contributed by atoms with Gasteiger partial charge in [-0.15, -0.1) is 0 Å². The molecule has 0 spiro atoms. The van der Waals surface area contributed by atoms with Crippen LogP contribution in [0.4, 0.5) is 0 Å². The zero-order valence-electron chi connectivity index (χ0n) is 10.6. The molecule has 1 unspecified atom stereocenters. The van der Waals surface area contributed by atoms with Gasteiger partial charge in [-0.3, -0.25) is 0 Å². The molecule has 17 heavy (non-hydrogen) atoms. The van der Waals surface area contributed by atoms with Gasteiger partial charge in [0, 0.05) is 16.4 Å². The lowest BCUT2D eigenvalue weighted by molar-refractivity contribution is 0.108. The second-order valence-corrected chi connectivity index (χ2v) is 6.08. The largest absolute Gasteiger partial charge is 0.396 e. The zero-order valence-corrected chi connectivity index (χ0v) is 12.2. The molecule has 96 valence electrons. The van der Waals surface area contributed by atoms with E-state index < -0.39 is 0 Å². The first-order chi connectivity index (χ1) is 8.03. The van der Waals surface area contributed by atoms with Gasteiger partial charge in [0.15, 0.2) is 0 Å². The van der Waals surface area contributed by atoms with Gasteiger partial charge in [-0.2, -0.15) is 0 Å². The number of nitrogens with two attached hydrogens (primary N) is 1. The van der Waals surface area contributed by atoms with E-state index in [4.69, 9.17) is 5.73 Å². The van der Waals surface area contributed by atoms with Crippen LogP contribution in [0.2, 0.25) is 0 Å². The molecule has 3 N–H and O–H groups in total. The van der Waals surface area contributed by atoms with E-state index in [9.17, 15) is 5.11 Å². The topological polar surface area (TPSA) is 46.2 Å². The summed E-state index contributed by atoms with van der Waals surface area (Å²) in [6, 6.07) is 8.14. The SMILES string of the molecule is CC(C)CC(CN)(CO)Cc1ccccc1Br. The summed E-state index contributed by atoms with van der Waals surface area (Å²) in [5.41, 5.74) is 6.91. The Morgan fingerprint density at radius 1 is 1.35 bits per heavy atom. The maximum absolute atomic E-state index is 9.68. The molecule has 0 aliphatic carbocycles.